The van der Waals surface area contributed by atoms with Gasteiger partial charge < -0.3 is 20.1 Å². The van der Waals surface area contributed by atoms with Crippen LogP contribution in [0.15, 0.2) is 18.2 Å². The summed E-state index contributed by atoms with van der Waals surface area (Å²) in [6.45, 7) is 3.51. The molecule has 1 aromatic carbocycles. The fraction of sp³-hybridized carbons (Fsp3) is 0.579. The van der Waals surface area contributed by atoms with Crippen LogP contribution >= 0.6 is 0 Å². The van der Waals surface area contributed by atoms with E-state index in [0.717, 1.165) is 41.7 Å². The molecule has 0 bridgehead atoms. The summed E-state index contributed by atoms with van der Waals surface area (Å²) in [6, 6.07) is 5.87. The summed E-state index contributed by atoms with van der Waals surface area (Å²) in [5.74, 6) is 0.927. The Labute approximate surface area is 159 Å². The summed E-state index contributed by atoms with van der Waals surface area (Å²) in [4.78, 5) is 3.48. The van der Waals surface area contributed by atoms with Gasteiger partial charge in [0, 0.05) is 47.7 Å². The predicted octanol–water partition coefficient (Wildman–Crippen LogP) is 1.50. The highest BCUT2D eigenvalue weighted by atomic mass is 32.2. The minimum atomic E-state index is -3.16. The SMILES string of the molecule is CCS(=O)(=O)N1CCC2(CC1)CN[C@@H](CO)c1[nH]c3cc(OC)ccc3c12. The summed E-state index contributed by atoms with van der Waals surface area (Å²) in [5, 5.41) is 14.4. The van der Waals surface area contributed by atoms with E-state index in [1.165, 1.54) is 5.56 Å². The van der Waals surface area contributed by atoms with Gasteiger partial charge >= 0.3 is 0 Å². The summed E-state index contributed by atoms with van der Waals surface area (Å²) in [6.07, 6.45) is 1.53. The van der Waals surface area contributed by atoms with Gasteiger partial charge in [0.1, 0.15) is 5.75 Å². The van der Waals surface area contributed by atoms with Crippen LogP contribution in [0.3, 0.4) is 0 Å². The number of fused-ring (bicyclic) bond motifs is 4. The molecule has 27 heavy (non-hydrogen) atoms. The third-order valence-corrected chi connectivity index (χ3v) is 8.10. The summed E-state index contributed by atoms with van der Waals surface area (Å²) >= 11 is 0. The molecule has 1 spiro atoms. The van der Waals surface area contributed by atoms with Crippen molar-refractivity contribution in [1.82, 2.24) is 14.6 Å². The lowest BCUT2D eigenvalue weighted by Gasteiger charge is -2.46. The number of rotatable bonds is 4. The average Bonchev–Trinajstić information content (AvgIpc) is 3.08. The molecule has 2 aliphatic rings. The Kier molecular flexibility index (Phi) is 4.70. The third-order valence-electron chi connectivity index (χ3n) is 6.22. The lowest BCUT2D eigenvalue weighted by Crippen LogP contribution is -2.53. The van der Waals surface area contributed by atoms with E-state index in [9.17, 15) is 13.5 Å². The second-order valence-corrected chi connectivity index (χ2v) is 9.78. The number of methoxy groups -OCH3 is 1. The molecule has 0 radical (unpaired) electrons. The number of aliphatic hydroxyl groups excluding tert-OH is 1. The van der Waals surface area contributed by atoms with E-state index in [-0.39, 0.29) is 23.8 Å². The molecule has 8 heteroatoms. The molecule has 0 saturated carbocycles. The van der Waals surface area contributed by atoms with Crippen LogP contribution in [-0.4, -0.2) is 61.9 Å². The zero-order valence-corrected chi connectivity index (χ0v) is 16.6. The molecule has 1 saturated heterocycles. The Morgan fingerprint density at radius 1 is 1.33 bits per heavy atom. The van der Waals surface area contributed by atoms with Crippen LogP contribution in [0.2, 0.25) is 0 Å². The normalized spacial score (nSPS) is 22.9. The van der Waals surface area contributed by atoms with Gasteiger partial charge in [-0.2, -0.15) is 0 Å². The number of benzene rings is 1. The Morgan fingerprint density at radius 3 is 2.70 bits per heavy atom. The first-order chi connectivity index (χ1) is 12.9. The van der Waals surface area contributed by atoms with Crippen molar-refractivity contribution in [3.63, 3.8) is 0 Å². The van der Waals surface area contributed by atoms with E-state index >= 15 is 0 Å². The first kappa shape index (κ1) is 18.7. The highest BCUT2D eigenvalue weighted by molar-refractivity contribution is 7.89. The Bertz CT molecular complexity index is 945. The van der Waals surface area contributed by atoms with Crippen molar-refractivity contribution in [2.24, 2.45) is 0 Å². The van der Waals surface area contributed by atoms with E-state index in [1.807, 2.05) is 12.1 Å². The fourth-order valence-electron chi connectivity index (χ4n) is 4.62. The van der Waals surface area contributed by atoms with E-state index in [0.29, 0.717) is 13.1 Å². The maximum absolute atomic E-state index is 12.3. The predicted molar refractivity (Wildman–Crippen MR) is 105 cm³/mol. The maximum atomic E-state index is 12.3. The van der Waals surface area contributed by atoms with Crippen molar-refractivity contribution in [1.29, 1.82) is 0 Å². The molecule has 2 aromatic rings. The molecule has 1 atom stereocenters. The second-order valence-electron chi connectivity index (χ2n) is 7.52. The van der Waals surface area contributed by atoms with Crippen molar-refractivity contribution >= 4 is 20.9 Å². The number of hydrogen-bond donors (Lipinski definition) is 3. The number of nitrogens with zero attached hydrogens (tertiary/aromatic N) is 1. The number of aromatic nitrogens is 1. The molecule has 3 N–H and O–H groups in total. The van der Waals surface area contributed by atoms with Gasteiger partial charge in [-0.1, -0.05) is 0 Å². The smallest absolute Gasteiger partial charge is 0.213 e. The minimum Gasteiger partial charge on any atom is -0.497 e. The number of piperidine rings is 1. The number of aliphatic hydroxyl groups is 1. The van der Waals surface area contributed by atoms with Crippen LogP contribution in [0.1, 0.15) is 37.1 Å². The van der Waals surface area contributed by atoms with Crippen molar-refractivity contribution in [2.75, 3.05) is 39.1 Å². The number of nitrogens with one attached hydrogen (secondary N) is 2. The second kappa shape index (κ2) is 6.77. The Balaban J connectivity index is 1.77. The molecular formula is C19H27N3O4S. The Morgan fingerprint density at radius 2 is 2.07 bits per heavy atom. The van der Waals surface area contributed by atoms with Gasteiger partial charge in [-0.05, 0) is 37.5 Å². The van der Waals surface area contributed by atoms with E-state index in [1.54, 1.807) is 18.3 Å². The van der Waals surface area contributed by atoms with Crippen LogP contribution in [0, 0.1) is 0 Å². The van der Waals surface area contributed by atoms with Crippen molar-refractivity contribution < 1.29 is 18.3 Å². The molecular weight excluding hydrogens is 366 g/mol. The highest BCUT2D eigenvalue weighted by Crippen LogP contribution is 2.46. The minimum absolute atomic E-state index is 0.0172. The molecule has 2 aliphatic heterocycles. The first-order valence-electron chi connectivity index (χ1n) is 9.46. The standard InChI is InChI=1S/C19H27N3O4S/c1-3-27(24,25)22-8-6-19(7-9-22)12-20-16(11-23)18-17(19)14-5-4-13(26-2)10-15(14)21-18/h4-5,10,16,20-21,23H,3,6-9,11-12H2,1-2H3/t16-/m0/s1. The molecule has 1 fully saturated rings. The molecule has 0 unspecified atom stereocenters. The van der Waals surface area contributed by atoms with Gasteiger partial charge in [0.05, 0.1) is 25.5 Å². The van der Waals surface area contributed by atoms with Gasteiger partial charge in [0.15, 0.2) is 0 Å². The van der Waals surface area contributed by atoms with Crippen LogP contribution < -0.4 is 10.1 Å². The van der Waals surface area contributed by atoms with Crippen LogP contribution in [0.4, 0.5) is 0 Å². The molecule has 7 nitrogen and oxygen atoms in total. The van der Waals surface area contributed by atoms with Crippen molar-refractivity contribution in [3.8, 4) is 5.75 Å². The number of ether oxygens (including phenoxy) is 1. The molecule has 148 valence electrons. The van der Waals surface area contributed by atoms with Gasteiger partial charge in [-0.15, -0.1) is 0 Å². The quantitative estimate of drug-likeness (QED) is 0.732. The summed E-state index contributed by atoms with van der Waals surface area (Å²) in [5.41, 5.74) is 3.10. The monoisotopic (exact) mass is 393 g/mol. The summed E-state index contributed by atoms with van der Waals surface area (Å²) < 4.78 is 31.5. The number of hydrogen-bond acceptors (Lipinski definition) is 5. The average molecular weight is 394 g/mol. The van der Waals surface area contributed by atoms with E-state index in [4.69, 9.17) is 4.74 Å². The largest absolute Gasteiger partial charge is 0.497 e. The van der Waals surface area contributed by atoms with E-state index < -0.39 is 10.0 Å². The zero-order chi connectivity index (χ0) is 19.2. The number of H-pyrrole nitrogens is 1. The van der Waals surface area contributed by atoms with Gasteiger partial charge in [0.25, 0.3) is 0 Å². The molecule has 4 rings (SSSR count). The molecule has 1 aromatic heterocycles. The first-order valence-corrected chi connectivity index (χ1v) is 11.1. The number of sulfonamides is 1. The number of aromatic amines is 1. The molecule has 0 aliphatic carbocycles. The highest BCUT2D eigenvalue weighted by Gasteiger charge is 2.45. The van der Waals surface area contributed by atoms with E-state index in [2.05, 4.69) is 16.4 Å². The Hall–Kier alpha value is -1.61. The molecule has 0 amide bonds. The topological polar surface area (TPSA) is 94.7 Å². The fourth-order valence-corrected chi connectivity index (χ4v) is 5.73. The van der Waals surface area contributed by atoms with Crippen LogP contribution in [0.25, 0.3) is 10.9 Å². The van der Waals surface area contributed by atoms with Crippen LogP contribution in [-0.2, 0) is 15.4 Å². The zero-order valence-electron chi connectivity index (χ0n) is 15.8. The van der Waals surface area contributed by atoms with Crippen LogP contribution in [0.5, 0.6) is 5.75 Å². The molecule has 3 heterocycles. The lowest BCUT2D eigenvalue weighted by atomic mass is 9.69. The third kappa shape index (κ3) is 2.95. The summed E-state index contributed by atoms with van der Waals surface area (Å²) in [7, 11) is -1.51. The van der Waals surface area contributed by atoms with Gasteiger partial charge in [-0.25, -0.2) is 12.7 Å². The lowest BCUT2D eigenvalue weighted by molar-refractivity contribution is 0.178. The van der Waals surface area contributed by atoms with Gasteiger partial charge in [0.2, 0.25) is 10.0 Å². The van der Waals surface area contributed by atoms with Gasteiger partial charge in [-0.3, -0.25) is 0 Å². The maximum Gasteiger partial charge on any atom is 0.213 e. The van der Waals surface area contributed by atoms with Crippen molar-refractivity contribution in [3.05, 3.63) is 29.5 Å². The van der Waals surface area contributed by atoms with Crippen molar-refractivity contribution in [2.45, 2.75) is 31.2 Å².